The molecule has 0 fully saturated rings. The first-order valence-corrected chi connectivity index (χ1v) is 12.0. The van der Waals surface area contributed by atoms with Crippen LogP contribution in [0, 0.1) is 5.82 Å². The van der Waals surface area contributed by atoms with Gasteiger partial charge in [0.1, 0.15) is 11.9 Å². The molecule has 1 atom stereocenters. The smallest absolute Gasteiger partial charge is 0.253 e. The normalized spacial score (nSPS) is 11.7. The minimum absolute atomic E-state index is 0.203. The van der Waals surface area contributed by atoms with Gasteiger partial charge in [-0.1, -0.05) is 23.7 Å². The summed E-state index contributed by atoms with van der Waals surface area (Å²) in [4.78, 5) is 26.0. The van der Waals surface area contributed by atoms with Crippen molar-refractivity contribution in [3.05, 3.63) is 64.9 Å². The van der Waals surface area contributed by atoms with Crippen LogP contribution in [0.3, 0.4) is 0 Å². The molecular formula is C21H24ClFN2O2S2. The number of hydrogen-bond donors (Lipinski definition) is 2. The molecule has 8 heteroatoms. The van der Waals surface area contributed by atoms with Crippen LogP contribution in [0.5, 0.6) is 0 Å². The fraction of sp³-hybridized carbons (Fsp3) is 0.333. The summed E-state index contributed by atoms with van der Waals surface area (Å²) < 4.78 is 12.9. The molecule has 156 valence electrons. The quantitative estimate of drug-likeness (QED) is 0.384. The molecule has 0 spiro atoms. The number of thioether (sulfide) groups is 2. The minimum Gasteiger partial charge on any atom is -0.354 e. The molecular weight excluding hydrogens is 431 g/mol. The highest BCUT2D eigenvalue weighted by Gasteiger charge is 2.21. The zero-order valence-electron chi connectivity index (χ0n) is 16.1. The first kappa shape index (κ1) is 23.6. The molecule has 2 aromatic rings. The van der Waals surface area contributed by atoms with Crippen molar-refractivity contribution < 1.29 is 14.0 Å². The molecule has 0 saturated heterocycles. The van der Waals surface area contributed by atoms with Crippen molar-refractivity contribution in [1.82, 2.24) is 10.6 Å². The maximum absolute atomic E-state index is 12.9. The van der Waals surface area contributed by atoms with Gasteiger partial charge in [-0.15, -0.1) is 11.8 Å². The molecule has 0 heterocycles. The Kier molecular flexibility index (Phi) is 10.4. The molecule has 2 amide bonds. The lowest BCUT2D eigenvalue weighted by molar-refractivity contribution is -0.123. The predicted molar refractivity (Wildman–Crippen MR) is 120 cm³/mol. The van der Waals surface area contributed by atoms with E-state index in [0.717, 1.165) is 22.8 Å². The van der Waals surface area contributed by atoms with Gasteiger partial charge < -0.3 is 10.6 Å². The van der Waals surface area contributed by atoms with E-state index in [1.807, 2.05) is 6.26 Å². The highest BCUT2D eigenvalue weighted by Crippen LogP contribution is 2.18. The zero-order valence-corrected chi connectivity index (χ0v) is 18.5. The Morgan fingerprint density at radius 1 is 1.10 bits per heavy atom. The van der Waals surface area contributed by atoms with E-state index in [1.165, 1.54) is 12.1 Å². The third kappa shape index (κ3) is 8.28. The molecule has 0 aliphatic heterocycles. The Hall–Kier alpha value is -1.70. The Morgan fingerprint density at radius 3 is 2.52 bits per heavy atom. The molecule has 0 radical (unpaired) electrons. The van der Waals surface area contributed by atoms with E-state index in [-0.39, 0.29) is 17.6 Å². The van der Waals surface area contributed by atoms with Gasteiger partial charge in [0, 0.05) is 11.4 Å². The molecule has 29 heavy (non-hydrogen) atoms. The van der Waals surface area contributed by atoms with E-state index in [0.29, 0.717) is 23.6 Å². The second-order valence-corrected chi connectivity index (χ2v) is 8.80. The Bertz CT molecular complexity index is 806. The van der Waals surface area contributed by atoms with Crippen molar-refractivity contribution in [2.24, 2.45) is 0 Å². The summed E-state index contributed by atoms with van der Waals surface area (Å²) in [7, 11) is 0. The number of carbonyl (C=O) groups is 2. The summed E-state index contributed by atoms with van der Waals surface area (Å²) in [6.07, 6.45) is 3.26. The lowest BCUT2D eigenvalue weighted by Gasteiger charge is -2.18. The third-order valence-corrected chi connectivity index (χ3v) is 6.13. The van der Waals surface area contributed by atoms with Gasteiger partial charge in [-0.2, -0.15) is 11.8 Å². The van der Waals surface area contributed by atoms with Crippen LogP contribution in [0.15, 0.2) is 53.4 Å². The SMILES string of the molecule is CSCCC(NC(=O)c1ccccc1Cl)C(=O)NCCCSc1ccc(F)cc1. The highest BCUT2D eigenvalue weighted by molar-refractivity contribution is 7.99. The molecule has 0 saturated carbocycles. The van der Waals surface area contributed by atoms with Gasteiger partial charge in [0.2, 0.25) is 5.91 Å². The van der Waals surface area contributed by atoms with Crippen molar-refractivity contribution in [2.45, 2.75) is 23.8 Å². The number of nitrogens with one attached hydrogen (secondary N) is 2. The molecule has 4 nitrogen and oxygen atoms in total. The summed E-state index contributed by atoms with van der Waals surface area (Å²) in [5.74, 6) is 0.737. The first-order valence-electron chi connectivity index (χ1n) is 9.21. The summed E-state index contributed by atoms with van der Waals surface area (Å²) in [5.41, 5.74) is 0.354. The summed E-state index contributed by atoms with van der Waals surface area (Å²) in [5, 5.41) is 6.03. The minimum atomic E-state index is -0.615. The number of hydrogen-bond acceptors (Lipinski definition) is 4. The van der Waals surface area contributed by atoms with Crippen LogP contribution >= 0.6 is 35.1 Å². The highest BCUT2D eigenvalue weighted by atomic mass is 35.5. The van der Waals surface area contributed by atoms with Gasteiger partial charge in [0.05, 0.1) is 10.6 Å². The molecule has 2 aromatic carbocycles. The van der Waals surface area contributed by atoms with Crippen LogP contribution in [0.4, 0.5) is 4.39 Å². The van der Waals surface area contributed by atoms with E-state index in [2.05, 4.69) is 10.6 Å². The maximum atomic E-state index is 12.9. The third-order valence-electron chi connectivity index (χ3n) is 4.05. The van der Waals surface area contributed by atoms with Gasteiger partial charge in [-0.3, -0.25) is 9.59 Å². The lowest BCUT2D eigenvalue weighted by Crippen LogP contribution is -2.47. The van der Waals surface area contributed by atoms with Crippen molar-refractivity contribution in [3.8, 4) is 0 Å². The van der Waals surface area contributed by atoms with Gasteiger partial charge in [-0.25, -0.2) is 4.39 Å². The van der Waals surface area contributed by atoms with Crippen molar-refractivity contribution in [3.63, 3.8) is 0 Å². The van der Waals surface area contributed by atoms with Crippen LogP contribution in [-0.4, -0.2) is 42.2 Å². The second kappa shape index (κ2) is 12.8. The van der Waals surface area contributed by atoms with Crippen molar-refractivity contribution in [1.29, 1.82) is 0 Å². The molecule has 0 aliphatic carbocycles. The summed E-state index contributed by atoms with van der Waals surface area (Å²) in [6.45, 7) is 0.505. The fourth-order valence-electron chi connectivity index (χ4n) is 2.51. The molecule has 2 rings (SSSR count). The van der Waals surface area contributed by atoms with Gasteiger partial charge in [0.25, 0.3) is 5.91 Å². The van der Waals surface area contributed by atoms with E-state index in [1.54, 1.807) is 59.9 Å². The van der Waals surface area contributed by atoms with Gasteiger partial charge in [0.15, 0.2) is 0 Å². The number of rotatable bonds is 11. The average molecular weight is 455 g/mol. The standard InChI is InChI=1S/C21H24ClFN2O2S2/c1-28-14-11-19(25-20(26)17-5-2-3-6-18(17)22)21(27)24-12-4-13-29-16-9-7-15(23)8-10-16/h2-3,5-10,19H,4,11-14H2,1H3,(H,24,27)(H,25,26). The number of halogens is 2. The van der Waals surface area contributed by atoms with Gasteiger partial charge >= 0.3 is 0 Å². The van der Waals surface area contributed by atoms with E-state index in [9.17, 15) is 14.0 Å². The largest absolute Gasteiger partial charge is 0.354 e. The topological polar surface area (TPSA) is 58.2 Å². The Labute approximate surface area is 184 Å². The molecule has 2 N–H and O–H groups in total. The van der Waals surface area contributed by atoms with Crippen LogP contribution in [0.1, 0.15) is 23.2 Å². The number of amides is 2. The van der Waals surface area contributed by atoms with Crippen LogP contribution < -0.4 is 10.6 Å². The molecule has 0 bridgehead atoms. The van der Waals surface area contributed by atoms with E-state index in [4.69, 9.17) is 11.6 Å². The maximum Gasteiger partial charge on any atom is 0.253 e. The zero-order chi connectivity index (χ0) is 21.1. The van der Waals surface area contributed by atoms with Crippen LogP contribution in [0.2, 0.25) is 5.02 Å². The van der Waals surface area contributed by atoms with E-state index < -0.39 is 6.04 Å². The van der Waals surface area contributed by atoms with Crippen molar-refractivity contribution >= 4 is 46.9 Å². The molecule has 0 aliphatic rings. The monoisotopic (exact) mass is 454 g/mol. The molecule has 1 unspecified atom stereocenters. The Morgan fingerprint density at radius 2 is 1.83 bits per heavy atom. The number of benzene rings is 2. The van der Waals surface area contributed by atoms with Gasteiger partial charge in [-0.05, 0) is 67.0 Å². The first-order chi connectivity index (χ1) is 14.0. The fourth-order valence-corrected chi connectivity index (χ4v) is 4.06. The second-order valence-electron chi connectivity index (χ2n) is 6.23. The molecule has 0 aromatic heterocycles. The predicted octanol–water partition coefficient (Wildman–Crippen LogP) is 4.63. The van der Waals surface area contributed by atoms with Crippen LogP contribution in [-0.2, 0) is 4.79 Å². The number of carbonyl (C=O) groups excluding carboxylic acids is 2. The van der Waals surface area contributed by atoms with Crippen LogP contribution in [0.25, 0.3) is 0 Å². The lowest BCUT2D eigenvalue weighted by atomic mass is 10.1. The average Bonchev–Trinajstić information content (AvgIpc) is 2.72. The summed E-state index contributed by atoms with van der Waals surface area (Å²) in [6, 6.07) is 12.5. The van der Waals surface area contributed by atoms with E-state index >= 15 is 0 Å². The Balaban J connectivity index is 1.80. The van der Waals surface area contributed by atoms with Crippen molar-refractivity contribution in [2.75, 3.05) is 24.3 Å². The summed E-state index contributed by atoms with van der Waals surface area (Å²) >= 11 is 9.30.